The average molecular weight is 223 g/mol. The number of halogens is 1. The Kier molecular flexibility index (Phi) is 2.66. The molecular weight excluding hydrogens is 205 g/mol. The van der Waals surface area contributed by atoms with Gasteiger partial charge in [0.25, 0.3) is 0 Å². The maximum Gasteiger partial charge on any atom is 0.133 e. The van der Waals surface area contributed by atoms with Crippen molar-refractivity contribution in [3.05, 3.63) is 29.1 Å². The van der Waals surface area contributed by atoms with Gasteiger partial charge in [0, 0.05) is 12.0 Å². The zero-order valence-electron chi connectivity index (χ0n) is 10.0. The SMILES string of the molecule is CC(CN)c1ccc2c(c1F)CC(C)(C)O2. The summed E-state index contributed by atoms with van der Waals surface area (Å²) < 4.78 is 19.9. The first-order chi connectivity index (χ1) is 7.44. The molecular formula is C13H18FNO. The van der Waals surface area contributed by atoms with E-state index in [2.05, 4.69) is 0 Å². The summed E-state index contributed by atoms with van der Waals surface area (Å²) in [6.45, 7) is 6.34. The van der Waals surface area contributed by atoms with Gasteiger partial charge in [0.1, 0.15) is 17.2 Å². The van der Waals surface area contributed by atoms with E-state index in [9.17, 15) is 4.39 Å². The first-order valence-corrected chi connectivity index (χ1v) is 5.65. The van der Waals surface area contributed by atoms with Gasteiger partial charge >= 0.3 is 0 Å². The molecule has 1 unspecified atom stereocenters. The lowest BCUT2D eigenvalue weighted by molar-refractivity contribution is 0.138. The summed E-state index contributed by atoms with van der Waals surface area (Å²) in [7, 11) is 0. The molecule has 2 rings (SSSR count). The van der Waals surface area contributed by atoms with Crippen LogP contribution in [0.2, 0.25) is 0 Å². The number of fused-ring (bicyclic) bond motifs is 1. The molecule has 88 valence electrons. The zero-order valence-corrected chi connectivity index (χ0v) is 10.0. The second kappa shape index (κ2) is 3.74. The minimum absolute atomic E-state index is 0.0500. The Morgan fingerprint density at radius 1 is 1.50 bits per heavy atom. The van der Waals surface area contributed by atoms with E-state index < -0.39 is 0 Å². The molecule has 1 aliphatic rings. The summed E-state index contributed by atoms with van der Waals surface area (Å²) in [4.78, 5) is 0. The van der Waals surface area contributed by atoms with Crippen LogP contribution in [0.1, 0.15) is 37.8 Å². The second-order valence-electron chi connectivity index (χ2n) is 5.12. The lowest BCUT2D eigenvalue weighted by atomic mass is 9.94. The van der Waals surface area contributed by atoms with Crippen molar-refractivity contribution in [2.24, 2.45) is 5.73 Å². The van der Waals surface area contributed by atoms with E-state index >= 15 is 0 Å². The van der Waals surface area contributed by atoms with Gasteiger partial charge in [0.05, 0.1) is 0 Å². The van der Waals surface area contributed by atoms with E-state index in [1.54, 1.807) is 6.07 Å². The van der Waals surface area contributed by atoms with Gasteiger partial charge < -0.3 is 10.5 Å². The van der Waals surface area contributed by atoms with E-state index in [1.165, 1.54) is 0 Å². The molecule has 1 aliphatic heterocycles. The van der Waals surface area contributed by atoms with Gasteiger partial charge in [0.15, 0.2) is 0 Å². The van der Waals surface area contributed by atoms with Crippen molar-refractivity contribution in [1.82, 2.24) is 0 Å². The number of hydrogen-bond donors (Lipinski definition) is 1. The number of nitrogens with two attached hydrogens (primary N) is 1. The molecule has 0 aliphatic carbocycles. The number of ether oxygens (including phenoxy) is 1. The molecule has 0 fully saturated rings. The second-order valence-corrected chi connectivity index (χ2v) is 5.12. The van der Waals surface area contributed by atoms with Crippen LogP contribution in [-0.2, 0) is 6.42 Å². The molecule has 2 N–H and O–H groups in total. The van der Waals surface area contributed by atoms with Crippen LogP contribution in [0.25, 0.3) is 0 Å². The molecule has 0 amide bonds. The van der Waals surface area contributed by atoms with Crippen LogP contribution in [0.15, 0.2) is 12.1 Å². The first-order valence-electron chi connectivity index (χ1n) is 5.65. The summed E-state index contributed by atoms with van der Waals surface area (Å²) in [5.74, 6) is 0.588. The monoisotopic (exact) mass is 223 g/mol. The molecule has 2 nitrogen and oxygen atoms in total. The van der Waals surface area contributed by atoms with Crippen LogP contribution in [0, 0.1) is 5.82 Å². The van der Waals surface area contributed by atoms with Crippen LogP contribution < -0.4 is 10.5 Å². The maximum atomic E-state index is 14.2. The van der Waals surface area contributed by atoms with Crippen LogP contribution in [-0.4, -0.2) is 12.1 Å². The normalized spacial score (nSPS) is 19.1. The maximum absolute atomic E-state index is 14.2. The number of rotatable bonds is 2. The van der Waals surface area contributed by atoms with E-state index in [1.807, 2.05) is 26.8 Å². The third kappa shape index (κ3) is 1.80. The predicted molar refractivity (Wildman–Crippen MR) is 62.3 cm³/mol. The first kappa shape index (κ1) is 11.4. The molecule has 0 bridgehead atoms. The third-order valence-electron chi connectivity index (χ3n) is 3.10. The van der Waals surface area contributed by atoms with Crippen molar-refractivity contribution in [2.45, 2.75) is 38.7 Å². The van der Waals surface area contributed by atoms with Gasteiger partial charge in [-0.15, -0.1) is 0 Å². The highest BCUT2D eigenvalue weighted by Gasteiger charge is 2.33. The predicted octanol–water partition coefficient (Wildman–Crippen LogP) is 2.60. The van der Waals surface area contributed by atoms with E-state index in [0.717, 1.165) is 0 Å². The minimum atomic E-state index is -0.298. The van der Waals surface area contributed by atoms with Gasteiger partial charge in [-0.3, -0.25) is 0 Å². The topological polar surface area (TPSA) is 35.2 Å². The van der Waals surface area contributed by atoms with Crippen molar-refractivity contribution in [3.8, 4) is 5.75 Å². The van der Waals surface area contributed by atoms with E-state index in [0.29, 0.717) is 29.8 Å². The molecule has 3 heteroatoms. The largest absolute Gasteiger partial charge is 0.487 e. The fourth-order valence-corrected chi connectivity index (χ4v) is 2.15. The molecule has 0 aromatic heterocycles. The van der Waals surface area contributed by atoms with Crippen molar-refractivity contribution >= 4 is 0 Å². The smallest absolute Gasteiger partial charge is 0.133 e. The fourth-order valence-electron chi connectivity index (χ4n) is 2.15. The van der Waals surface area contributed by atoms with Crippen molar-refractivity contribution in [3.63, 3.8) is 0 Å². The van der Waals surface area contributed by atoms with Crippen LogP contribution in [0.4, 0.5) is 4.39 Å². The molecule has 16 heavy (non-hydrogen) atoms. The summed E-state index contributed by atoms with van der Waals surface area (Å²) in [6, 6.07) is 3.64. The van der Waals surface area contributed by atoms with Gasteiger partial charge in [-0.25, -0.2) is 4.39 Å². The summed E-state index contributed by atoms with van der Waals surface area (Å²) in [5, 5.41) is 0. The van der Waals surface area contributed by atoms with Crippen molar-refractivity contribution in [2.75, 3.05) is 6.54 Å². The Morgan fingerprint density at radius 3 is 2.81 bits per heavy atom. The summed E-state index contributed by atoms with van der Waals surface area (Å²) in [6.07, 6.45) is 0.624. The van der Waals surface area contributed by atoms with Gasteiger partial charge in [-0.1, -0.05) is 13.0 Å². The molecule has 0 saturated carbocycles. The van der Waals surface area contributed by atoms with Crippen molar-refractivity contribution < 1.29 is 9.13 Å². The lowest BCUT2D eigenvalue weighted by Crippen LogP contribution is -2.24. The Labute approximate surface area is 95.6 Å². The minimum Gasteiger partial charge on any atom is -0.487 e. The van der Waals surface area contributed by atoms with Gasteiger partial charge in [0.2, 0.25) is 0 Å². The fraction of sp³-hybridized carbons (Fsp3) is 0.538. The molecule has 0 spiro atoms. The molecule has 1 aromatic rings. The Balaban J connectivity index is 2.44. The number of hydrogen-bond acceptors (Lipinski definition) is 2. The average Bonchev–Trinajstić information content (AvgIpc) is 2.53. The van der Waals surface area contributed by atoms with Gasteiger partial charge in [-0.05, 0) is 37.9 Å². The zero-order chi connectivity index (χ0) is 11.9. The van der Waals surface area contributed by atoms with Crippen molar-refractivity contribution in [1.29, 1.82) is 0 Å². The quantitative estimate of drug-likeness (QED) is 0.836. The van der Waals surface area contributed by atoms with Crippen LogP contribution in [0.3, 0.4) is 0 Å². The number of benzene rings is 1. The molecule has 0 radical (unpaired) electrons. The summed E-state index contributed by atoms with van der Waals surface area (Å²) in [5.41, 5.74) is 6.67. The Bertz CT molecular complexity index is 415. The molecule has 0 saturated heterocycles. The highest BCUT2D eigenvalue weighted by atomic mass is 19.1. The van der Waals surface area contributed by atoms with Gasteiger partial charge in [-0.2, -0.15) is 0 Å². The van der Waals surface area contributed by atoms with E-state index in [-0.39, 0.29) is 17.3 Å². The highest BCUT2D eigenvalue weighted by Crippen LogP contribution is 2.38. The molecule has 1 aromatic carbocycles. The third-order valence-corrected chi connectivity index (χ3v) is 3.10. The highest BCUT2D eigenvalue weighted by molar-refractivity contribution is 5.44. The van der Waals surface area contributed by atoms with Crippen LogP contribution >= 0.6 is 0 Å². The molecule has 1 heterocycles. The lowest BCUT2D eigenvalue weighted by Gasteiger charge is -2.16. The Hall–Kier alpha value is -1.09. The standard InChI is InChI=1S/C13H18FNO/c1-8(7-15)9-4-5-11-10(12(9)14)6-13(2,3)16-11/h4-5,8H,6-7,15H2,1-3H3. The van der Waals surface area contributed by atoms with Crippen LogP contribution in [0.5, 0.6) is 5.75 Å². The summed E-state index contributed by atoms with van der Waals surface area (Å²) >= 11 is 0. The molecule has 1 atom stereocenters. The van der Waals surface area contributed by atoms with E-state index in [4.69, 9.17) is 10.5 Å². The Morgan fingerprint density at radius 2 is 2.19 bits per heavy atom.